The molecule has 0 radical (unpaired) electrons. The average Bonchev–Trinajstić information content (AvgIpc) is 2.48. The summed E-state index contributed by atoms with van der Waals surface area (Å²) >= 11 is 5.94. The van der Waals surface area contributed by atoms with Gasteiger partial charge in [0.1, 0.15) is 12.4 Å². The summed E-state index contributed by atoms with van der Waals surface area (Å²) < 4.78 is 5.84. The van der Waals surface area contributed by atoms with Crippen molar-refractivity contribution in [1.29, 1.82) is 0 Å². The van der Waals surface area contributed by atoms with Crippen LogP contribution in [0.3, 0.4) is 0 Å². The van der Waals surface area contributed by atoms with Crippen LogP contribution in [0.15, 0.2) is 42.5 Å². The third kappa shape index (κ3) is 5.07. The first-order valence-corrected chi connectivity index (χ1v) is 7.74. The van der Waals surface area contributed by atoms with Gasteiger partial charge >= 0.3 is 0 Å². The van der Waals surface area contributed by atoms with E-state index in [-0.39, 0.29) is 0 Å². The van der Waals surface area contributed by atoms with Gasteiger partial charge in [-0.2, -0.15) is 0 Å². The van der Waals surface area contributed by atoms with Crippen molar-refractivity contribution in [3.8, 4) is 5.75 Å². The van der Waals surface area contributed by atoms with Crippen LogP contribution in [0.1, 0.15) is 30.0 Å². The van der Waals surface area contributed by atoms with Gasteiger partial charge < -0.3 is 10.1 Å². The van der Waals surface area contributed by atoms with Gasteiger partial charge in [-0.25, -0.2) is 0 Å². The highest BCUT2D eigenvalue weighted by molar-refractivity contribution is 6.30. The van der Waals surface area contributed by atoms with Crippen LogP contribution in [-0.4, -0.2) is 6.54 Å². The second-order valence-corrected chi connectivity index (χ2v) is 5.63. The predicted octanol–water partition coefficient (Wildman–Crippen LogP) is 4.73. The Kier molecular flexibility index (Phi) is 6.09. The summed E-state index contributed by atoms with van der Waals surface area (Å²) in [5, 5.41) is 4.14. The molecular weight excluding hydrogens is 282 g/mol. The van der Waals surface area contributed by atoms with E-state index in [0.29, 0.717) is 6.61 Å². The normalized spacial score (nSPS) is 10.6. The molecule has 0 aliphatic rings. The first-order chi connectivity index (χ1) is 10.2. The van der Waals surface area contributed by atoms with Crippen LogP contribution in [0.2, 0.25) is 5.02 Å². The molecule has 2 rings (SSSR count). The van der Waals surface area contributed by atoms with Crippen molar-refractivity contribution in [1.82, 2.24) is 5.32 Å². The Balaban J connectivity index is 1.88. The molecule has 3 heteroatoms. The Labute approximate surface area is 132 Å². The quantitative estimate of drug-likeness (QED) is 0.747. The molecule has 0 aromatic heterocycles. The Morgan fingerprint density at radius 2 is 1.76 bits per heavy atom. The molecule has 0 saturated carbocycles. The topological polar surface area (TPSA) is 21.3 Å². The van der Waals surface area contributed by atoms with Gasteiger partial charge in [-0.3, -0.25) is 0 Å². The minimum absolute atomic E-state index is 0.575. The molecule has 0 atom stereocenters. The van der Waals surface area contributed by atoms with E-state index >= 15 is 0 Å². The average molecular weight is 304 g/mol. The molecular formula is C18H22ClNO. The van der Waals surface area contributed by atoms with Crippen LogP contribution in [0.5, 0.6) is 5.75 Å². The number of halogens is 1. The molecule has 0 fully saturated rings. The number of rotatable bonds is 7. The molecule has 1 N–H and O–H groups in total. The van der Waals surface area contributed by atoms with Crippen LogP contribution in [0.25, 0.3) is 0 Å². The molecule has 0 amide bonds. The summed E-state index contributed by atoms with van der Waals surface area (Å²) in [5.74, 6) is 0.882. The van der Waals surface area contributed by atoms with Gasteiger partial charge in [-0.1, -0.05) is 42.8 Å². The summed E-state index contributed by atoms with van der Waals surface area (Å²) in [6, 6.07) is 14.2. The molecule has 2 aromatic rings. The maximum absolute atomic E-state index is 5.94. The molecule has 2 nitrogen and oxygen atoms in total. The molecule has 0 aliphatic carbocycles. The van der Waals surface area contributed by atoms with Gasteiger partial charge in [-0.05, 0) is 54.8 Å². The van der Waals surface area contributed by atoms with E-state index in [4.69, 9.17) is 16.3 Å². The Hall–Kier alpha value is -1.51. The zero-order valence-electron chi connectivity index (χ0n) is 12.7. The number of ether oxygens (including phenoxy) is 1. The second kappa shape index (κ2) is 8.06. The summed E-state index contributed by atoms with van der Waals surface area (Å²) in [5.41, 5.74) is 3.53. The monoisotopic (exact) mass is 303 g/mol. The van der Waals surface area contributed by atoms with Crippen molar-refractivity contribution in [2.45, 2.75) is 33.4 Å². The van der Waals surface area contributed by atoms with E-state index in [1.165, 1.54) is 11.1 Å². The standard InChI is InChI=1S/C18H22ClNO/c1-3-10-20-12-15-4-6-16(7-5-15)13-21-18-9-8-17(19)11-14(18)2/h4-9,11,20H,3,10,12-13H2,1-2H3. The summed E-state index contributed by atoms with van der Waals surface area (Å²) in [6.07, 6.45) is 1.16. The van der Waals surface area contributed by atoms with E-state index in [1.807, 2.05) is 25.1 Å². The van der Waals surface area contributed by atoms with Crippen LogP contribution < -0.4 is 10.1 Å². The zero-order chi connectivity index (χ0) is 15.1. The summed E-state index contributed by atoms with van der Waals surface area (Å²) in [4.78, 5) is 0. The van der Waals surface area contributed by atoms with Crippen molar-refractivity contribution < 1.29 is 4.74 Å². The fourth-order valence-corrected chi connectivity index (χ4v) is 2.33. The van der Waals surface area contributed by atoms with Gasteiger partial charge in [0.25, 0.3) is 0 Å². The zero-order valence-corrected chi connectivity index (χ0v) is 13.4. The SMILES string of the molecule is CCCNCc1ccc(COc2ccc(Cl)cc2C)cc1. The first kappa shape index (κ1) is 15.9. The van der Waals surface area contributed by atoms with Crippen molar-refractivity contribution >= 4 is 11.6 Å². The van der Waals surface area contributed by atoms with Crippen molar-refractivity contribution in [2.75, 3.05) is 6.54 Å². The second-order valence-electron chi connectivity index (χ2n) is 5.19. The fraction of sp³-hybridized carbons (Fsp3) is 0.333. The molecule has 112 valence electrons. The van der Waals surface area contributed by atoms with Crippen molar-refractivity contribution in [2.24, 2.45) is 0 Å². The number of aryl methyl sites for hydroxylation is 1. The van der Waals surface area contributed by atoms with Gasteiger partial charge in [0.15, 0.2) is 0 Å². The Morgan fingerprint density at radius 3 is 2.43 bits per heavy atom. The number of nitrogens with one attached hydrogen (secondary N) is 1. The maximum atomic E-state index is 5.94. The largest absolute Gasteiger partial charge is 0.489 e. The van der Waals surface area contributed by atoms with E-state index in [2.05, 4.69) is 36.5 Å². The Morgan fingerprint density at radius 1 is 1.05 bits per heavy atom. The van der Waals surface area contributed by atoms with Crippen LogP contribution in [-0.2, 0) is 13.2 Å². The first-order valence-electron chi connectivity index (χ1n) is 7.36. The number of hydrogen-bond acceptors (Lipinski definition) is 2. The summed E-state index contributed by atoms with van der Waals surface area (Å²) in [7, 11) is 0. The minimum atomic E-state index is 0.575. The Bertz CT molecular complexity index is 566. The van der Waals surface area contributed by atoms with Crippen LogP contribution >= 0.6 is 11.6 Å². The highest BCUT2D eigenvalue weighted by Gasteiger charge is 2.01. The van der Waals surface area contributed by atoms with Gasteiger partial charge in [0.2, 0.25) is 0 Å². The van der Waals surface area contributed by atoms with E-state index in [1.54, 1.807) is 0 Å². The lowest BCUT2D eigenvalue weighted by Crippen LogP contribution is -2.13. The molecule has 0 spiro atoms. The molecule has 0 bridgehead atoms. The van der Waals surface area contributed by atoms with Gasteiger partial charge in [-0.15, -0.1) is 0 Å². The van der Waals surface area contributed by atoms with E-state index < -0.39 is 0 Å². The molecule has 0 heterocycles. The number of hydrogen-bond donors (Lipinski definition) is 1. The van der Waals surface area contributed by atoms with Crippen molar-refractivity contribution in [3.05, 3.63) is 64.2 Å². The lowest BCUT2D eigenvalue weighted by Gasteiger charge is -2.10. The maximum Gasteiger partial charge on any atom is 0.122 e. The molecule has 2 aromatic carbocycles. The van der Waals surface area contributed by atoms with Gasteiger partial charge in [0, 0.05) is 11.6 Å². The molecule has 21 heavy (non-hydrogen) atoms. The highest BCUT2D eigenvalue weighted by atomic mass is 35.5. The lowest BCUT2D eigenvalue weighted by molar-refractivity contribution is 0.304. The van der Waals surface area contributed by atoms with Crippen LogP contribution in [0.4, 0.5) is 0 Å². The van der Waals surface area contributed by atoms with E-state index in [0.717, 1.165) is 35.8 Å². The fourth-order valence-electron chi connectivity index (χ4n) is 2.10. The lowest BCUT2D eigenvalue weighted by atomic mass is 10.1. The highest BCUT2D eigenvalue weighted by Crippen LogP contribution is 2.22. The third-order valence-corrected chi connectivity index (χ3v) is 3.55. The molecule has 0 unspecified atom stereocenters. The van der Waals surface area contributed by atoms with E-state index in [9.17, 15) is 0 Å². The molecule has 0 saturated heterocycles. The van der Waals surface area contributed by atoms with Gasteiger partial charge in [0.05, 0.1) is 0 Å². The third-order valence-electron chi connectivity index (χ3n) is 3.31. The van der Waals surface area contributed by atoms with Crippen LogP contribution in [0, 0.1) is 6.92 Å². The predicted molar refractivity (Wildman–Crippen MR) is 89.0 cm³/mol. The number of benzene rings is 2. The summed E-state index contributed by atoms with van der Waals surface area (Å²) in [6.45, 7) is 6.73. The van der Waals surface area contributed by atoms with Crippen molar-refractivity contribution in [3.63, 3.8) is 0 Å². The smallest absolute Gasteiger partial charge is 0.122 e. The minimum Gasteiger partial charge on any atom is -0.489 e. The molecule has 0 aliphatic heterocycles.